The number of halogens is 2. The number of allylic oxidation sites excluding steroid dienone is 1. The molecule has 0 fully saturated rings. The highest BCUT2D eigenvalue weighted by Gasteiger charge is 2.44. The van der Waals surface area contributed by atoms with E-state index in [-0.39, 0.29) is 11.3 Å². The molecule has 1 atom stereocenters. The van der Waals surface area contributed by atoms with Crippen LogP contribution in [0.5, 0.6) is 5.75 Å². The highest BCUT2D eigenvalue weighted by atomic mass is 35.5. The van der Waals surface area contributed by atoms with Gasteiger partial charge in [0, 0.05) is 27.2 Å². The van der Waals surface area contributed by atoms with Gasteiger partial charge in [0.05, 0.1) is 17.1 Å². The fourth-order valence-corrected chi connectivity index (χ4v) is 4.40. The first kappa shape index (κ1) is 17.3. The number of hydrogen-bond donors (Lipinski definition) is 0. The van der Waals surface area contributed by atoms with Crippen molar-refractivity contribution in [2.24, 2.45) is 0 Å². The third kappa shape index (κ3) is 2.38. The molecule has 28 heavy (non-hydrogen) atoms. The first-order valence-electron chi connectivity index (χ1n) is 8.61. The Morgan fingerprint density at radius 3 is 2.46 bits per heavy atom. The van der Waals surface area contributed by atoms with Gasteiger partial charge in [-0.3, -0.25) is 4.79 Å². The van der Waals surface area contributed by atoms with Gasteiger partial charge in [0.15, 0.2) is 5.78 Å². The molecule has 0 N–H and O–H groups in total. The average Bonchev–Trinajstić information content (AvgIpc) is 2.93. The monoisotopic (exact) mass is 410 g/mol. The summed E-state index contributed by atoms with van der Waals surface area (Å²) in [5.41, 5.74) is 1.93. The third-order valence-corrected chi connectivity index (χ3v) is 5.60. The van der Waals surface area contributed by atoms with E-state index in [2.05, 4.69) is 0 Å². The molecule has 0 spiro atoms. The molecule has 1 aromatic heterocycles. The van der Waals surface area contributed by atoms with E-state index >= 15 is 0 Å². The fraction of sp³-hybridized carbons (Fsp3) is 0.0909. The number of ether oxygens (including phenoxy) is 1. The fourth-order valence-electron chi connectivity index (χ4n) is 3.88. The van der Waals surface area contributed by atoms with E-state index in [1.54, 1.807) is 43.3 Å². The predicted molar refractivity (Wildman–Crippen MR) is 106 cm³/mol. The summed E-state index contributed by atoms with van der Waals surface area (Å²) in [7, 11) is 0. The van der Waals surface area contributed by atoms with Crippen molar-refractivity contribution in [3.63, 3.8) is 0 Å². The van der Waals surface area contributed by atoms with Crippen molar-refractivity contribution in [2.75, 3.05) is 0 Å². The zero-order valence-corrected chi connectivity index (χ0v) is 16.1. The van der Waals surface area contributed by atoms with Crippen LogP contribution in [0.25, 0.3) is 5.76 Å². The summed E-state index contributed by atoms with van der Waals surface area (Å²) >= 11 is 12.5. The van der Waals surface area contributed by atoms with E-state index in [1.165, 1.54) is 0 Å². The number of benzene rings is 2. The number of carbonyl (C=O) groups is 1. The Kier molecular flexibility index (Phi) is 3.76. The van der Waals surface area contributed by atoms with Crippen LogP contribution in [-0.4, -0.2) is 5.78 Å². The van der Waals surface area contributed by atoms with Gasteiger partial charge in [-0.15, -0.1) is 0 Å². The standard InChI is InChI=1S/C22H12Cl2O4/c1-10-8-16-18(22(26)27-10)17(14-7-6-11(23)9-15(14)24)19-20(25)12-4-2-3-5-13(12)21(19)28-16/h2-9,17H,1H3. The van der Waals surface area contributed by atoms with Gasteiger partial charge in [-0.2, -0.15) is 0 Å². The summed E-state index contributed by atoms with van der Waals surface area (Å²) in [6.07, 6.45) is 0. The van der Waals surface area contributed by atoms with Gasteiger partial charge in [-0.25, -0.2) is 4.79 Å². The maximum atomic E-state index is 13.2. The Morgan fingerprint density at radius 1 is 0.964 bits per heavy atom. The number of fused-ring (bicyclic) bond motifs is 3. The molecule has 1 aliphatic carbocycles. The normalized spacial score (nSPS) is 17.1. The minimum atomic E-state index is -0.708. The summed E-state index contributed by atoms with van der Waals surface area (Å²) < 4.78 is 11.4. The van der Waals surface area contributed by atoms with Crippen molar-refractivity contribution in [3.8, 4) is 5.75 Å². The van der Waals surface area contributed by atoms with Crippen LogP contribution in [-0.2, 0) is 0 Å². The number of ketones is 1. The lowest BCUT2D eigenvalue weighted by molar-refractivity contribution is 0.103. The zero-order valence-electron chi connectivity index (χ0n) is 14.6. The van der Waals surface area contributed by atoms with Crippen molar-refractivity contribution in [3.05, 3.63) is 103 Å². The van der Waals surface area contributed by atoms with Gasteiger partial charge in [-0.05, 0) is 24.6 Å². The second-order valence-electron chi connectivity index (χ2n) is 6.74. The van der Waals surface area contributed by atoms with E-state index in [9.17, 15) is 9.59 Å². The maximum Gasteiger partial charge on any atom is 0.343 e. The Morgan fingerprint density at radius 2 is 1.71 bits per heavy atom. The number of hydrogen-bond acceptors (Lipinski definition) is 4. The van der Waals surface area contributed by atoms with Gasteiger partial charge in [0.2, 0.25) is 0 Å². The molecule has 5 rings (SSSR count). The second kappa shape index (κ2) is 6.09. The first-order chi connectivity index (χ1) is 13.5. The summed E-state index contributed by atoms with van der Waals surface area (Å²) in [5.74, 6) is 0.348. The van der Waals surface area contributed by atoms with Crippen molar-refractivity contribution in [2.45, 2.75) is 12.8 Å². The number of carbonyl (C=O) groups excluding carboxylic acids is 1. The van der Waals surface area contributed by atoms with E-state index in [0.29, 0.717) is 49.6 Å². The van der Waals surface area contributed by atoms with E-state index in [0.717, 1.165) is 0 Å². The molecule has 6 heteroatoms. The Hall–Kier alpha value is -2.82. The Labute approximate surface area is 170 Å². The van der Waals surface area contributed by atoms with Gasteiger partial charge < -0.3 is 9.15 Å². The van der Waals surface area contributed by atoms with Gasteiger partial charge in [0.1, 0.15) is 17.3 Å². The van der Waals surface area contributed by atoms with Crippen molar-refractivity contribution in [1.29, 1.82) is 0 Å². The van der Waals surface area contributed by atoms with Gasteiger partial charge in [-0.1, -0.05) is 53.5 Å². The van der Waals surface area contributed by atoms with Crippen LogP contribution in [0.2, 0.25) is 10.0 Å². The van der Waals surface area contributed by atoms with Crippen LogP contribution in [0.3, 0.4) is 0 Å². The SMILES string of the molecule is Cc1cc2c(c(=O)o1)C(c1ccc(Cl)cc1Cl)C1=C(O2)c2ccccc2C1=O. The van der Waals surface area contributed by atoms with Crippen LogP contribution < -0.4 is 10.4 Å². The molecule has 2 aromatic carbocycles. The molecule has 1 aliphatic heterocycles. The number of aryl methyl sites for hydroxylation is 1. The molecule has 138 valence electrons. The van der Waals surface area contributed by atoms with Gasteiger partial charge >= 0.3 is 5.63 Å². The molecule has 0 bridgehead atoms. The van der Waals surface area contributed by atoms with Crippen LogP contribution in [0.1, 0.15) is 38.7 Å². The lowest BCUT2D eigenvalue weighted by atomic mass is 9.82. The molecular weight excluding hydrogens is 399 g/mol. The molecule has 0 amide bonds. The van der Waals surface area contributed by atoms with E-state index in [4.69, 9.17) is 32.4 Å². The molecule has 4 nitrogen and oxygen atoms in total. The summed E-state index contributed by atoms with van der Waals surface area (Å²) in [4.78, 5) is 26.0. The Bertz CT molecular complexity index is 1270. The smallest absolute Gasteiger partial charge is 0.343 e. The lowest BCUT2D eigenvalue weighted by Gasteiger charge is -2.27. The minimum Gasteiger partial charge on any atom is -0.456 e. The topological polar surface area (TPSA) is 56.5 Å². The van der Waals surface area contributed by atoms with Crippen LogP contribution in [0.4, 0.5) is 0 Å². The number of Topliss-reactive ketones (excluding diaryl/α,β-unsaturated/α-hetero) is 1. The molecule has 2 heterocycles. The molecule has 0 saturated heterocycles. The van der Waals surface area contributed by atoms with Crippen molar-refractivity contribution >= 4 is 34.7 Å². The van der Waals surface area contributed by atoms with Crippen molar-refractivity contribution < 1.29 is 13.9 Å². The quantitative estimate of drug-likeness (QED) is 0.539. The molecule has 3 aromatic rings. The largest absolute Gasteiger partial charge is 0.456 e. The lowest BCUT2D eigenvalue weighted by Crippen LogP contribution is -2.24. The van der Waals surface area contributed by atoms with Gasteiger partial charge in [0.25, 0.3) is 0 Å². The zero-order chi connectivity index (χ0) is 19.6. The predicted octanol–water partition coefficient (Wildman–Crippen LogP) is 5.39. The first-order valence-corrected chi connectivity index (χ1v) is 9.37. The molecular formula is C22H12Cl2O4. The highest BCUT2D eigenvalue weighted by Crippen LogP contribution is 2.50. The second-order valence-corrected chi connectivity index (χ2v) is 7.58. The van der Waals surface area contributed by atoms with Crippen LogP contribution in [0, 0.1) is 6.92 Å². The molecule has 0 radical (unpaired) electrons. The summed E-state index contributed by atoms with van der Waals surface area (Å²) in [5, 5.41) is 0.827. The van der Waals surface area contributed by atoms with Crippen molar-refractivity contribution in [1.82, 2.24) is 0 Å². The molecule has 0 saturated carbocycles. The molecule has 2 aliphatic rings. The van der Waals surface area contributed by atoms with E-state index < -0.39 is 11.5 Å². The molecule has 1 unspecified atom stereocenters. The highest BCUT2D eigenvalue weighted by molar-refractivity contribution is 6.35. The maximum absolute atomic E-state index is 13.2. The van der Waals surface area contributed by atoms with Crippen LogP contribution >= 0.6 is 23.2 Å². The van der Waals surface area contributed by atoms with E-state index in [1.807, 2.05) is 12.1 Å². The summed E-state index contributed by atoms with van der Waals surface area (Å²) in [6.45, 7) is 1.67. The minimum absolute atomic E-state index is 0.188. The third-order valence-electron chi connectivity index (χ3n) is 5.04. The summed E-state index contributed by atoms with van der Waals surface area (Å²) in [6, 6.07) is 13.9. The Balaban J connectivity index is 1.85. The number of rotatable bonds is 1. The van der Waals surface area contributed by atoms with Crippen LogP contribution in [0.15, 0.2) is 63.3 Å². The average molecular weight is 411 g/mol.